The standard InChI is InChI=1S/C32H36FN5O6S/c1-5-43-26-10-11-28(33)27(17-26)30(38(34)25-9-7-22-18-35-14-13-21(22)16-25)31(39)36-19-23-15-24(37-32(40)44-20(3)4)8-12-29(23)45(41,42)6-2/h7-18,20,30H,5-6,19,34H2,1-4H3,(H,36,39)(H,37,40). The second kappa shape index (κ2) is 14.4. The van der Waals surface area contributed by atoms with Crippen LogP contribution in [0.2, 0.25) is 0 Å². The predicted molar refractivity (Wildman–Crippen MR) is 170 cm³/mol. The fraction of sp³-hybridized carbons (Fsp3) is 0.281. The molecule has 11 nitrogen and oxygen atoms in total. The number of rotatable bonds is 12. The van der Waals surface area contributed by atoms with Gasteiger partial charge < -0.3 is 14.8 Å². The summed E-state index contributed by atoms with van der Waals surface area (Å²) in [6.45, 7) is 6.70. The molecular weight excluding hydrogens is 601 g/mol. The minimum Gasteiger partial charge on any atom is -0.494 e. The molecule has 4 rings (SSSR count). The fourth-order valence-corrected chi connectivity index (χ4v) is 5.80. The number of nitrogens with zero attached hydrogens (tertiary/aromatic N) is 2. The predicted octanol–water partition coefficient (Wildman–Crippen LogP) is 5.26. The number of nitrogens with one attached hydrogen (secondary N) is 2. The molecule has 0 aliphatic rings. The molecule has 3 aromatic carbocycles. The maximum Gasteiger partial charge on any atom is 0.411 e. The van der Waals surface area contributed by atoms with E-state index in [0.29, 0.717) is 18.0 Å². The SMILES string of the molecule is CCOc1ccc(F)c(C(C(=O)NCc2cc(NC(=O)OC(C)C)ccc2S(=O)(=O)CC)N(N)c2ccc3cnccc3c2)c1. The Balaban J connectivity index is 1.72. The van der Waals surface area contributed by atoms with Gasteiger partial charge in [0.2, 0.25) is 5.91 Å². The Bertz CT molecular complexity index is 1800. The average molecular weight is 638 g/mol. The molecule has 0 aliphatic heterocycles. The van der Waals surface area contributed by atoms with E-state index in [9.17, 15) is 18.0 Å². The molecule has 0 saturated heterocycles. The normalized spacial score (nSPS) is 12.1. The first kappa shape index (κ1) is 33.1. The summed E-state index contributed by atoms with van der Waals surface area (Å²) in [6.07, 6.45) is 2.21. The number of aromatic nitrogens is 1. The van der Waals surface area contributed by atoms with Gasteiger partial charge in [0, 0.05) is 35.6 Å². The largest absolute Gasteiger partial charge is 0.494 e. The lowest BCUT2D eigenvalue weighted by atomic mass is 10.0. The third kappa shape index (κ3) is 8.05. The fourth-order valence-electron chi connectivity index (χ4n) is 4.68. The third-order valence-electron chi connectivity index (χ3n) is 6.84. The number of fused-ring (bicyclic) bond motifs is 1. The van der Waals surface area contributed by atoms with Gasteiger partial charge in [0.1, 0.15) is 11.6 Å². The molecule has 0 saturated carbocycles. The van der Waals surface area contributed by atoms with Crippen LogP contribution >= 0.6 is 0 Å². The van der Waals surface area contributed by atoms with Gasteiger partial charge in [-0.15, -0.1) is 0 Å². The van der Waals surface area contributed by atoms with Crippen molar-refractivity contribution >= 4 is 44.0 Å². The van der Waals surface area contributed by atoms with Crippen LogP contribution in [0.5, 0.6) is 5.75 Å². The van der Waals surface area contributed by atoms with Crippen molar-refractivity contribution in [1.82, 2.24) is 10.3 Å². The van der Waals surface area contributed by atoms with Crippen molar-refractivity contribution in [3.05, 3.63) is 90.0 Å². The number of sulfone groups is 1. The van der Waals surface area contributed by atoms with Crippen molar-refractivity contribution < 1.29 is 31.9 Å². The molecule has 1 heterocycles. The zero-order valence-electron chi connectivity index (χ0n) is 25.4. The van der Waals surface area contributed by atoms with Crippen LogP contribution in [0, 0.1) is 5.82 Å². The molecule has 45 heavy (non-hydrogen) atoms. The van der Waals surface area contributed by atoms with Gasteiger partial charge in [-0.05, 0) is 86.3 Å². The van der Waals surface area contributed by atoms with Crippen molar-refractivity contribution in [2.45, 2.75) is 51.3 Å². The number of amides is 2. The van der Waals surface area contributed by atoms with Crippen LogP contribution in [-0.2, 0) is 25.9 Å². The highest BCUT2D eigenvalue weighted by Gasteiger charge is 2.30. The lowest BCUT2D eigenvalue weighted by Gasteiger charge is -2.29. The van der Waals surface area contributed by atoms with Crippen LogP contribution in [0.4, 0.5) is 20.6 Å². The Labute approximate surface area is 261 Å². The van der Waals surface area contributed by atoms with E-state index in [1.165, 1.54) is 43.3 Å². The monoisotopic (exact) mass is 637 g/mol. The molecule has 0 aliphatic carbocycles. The van der Waals surface area contributed by atoms with E-state index < -0.39 is 33.7 Å². The summed E-state index contributed by atoms with van der Waals surface area (Å²) < 4.78 is 51.9. The number of nitrogens with two attached hydrogens (primary N) is 1. The highest BCUT2D eigenvalue weighted by Crippen LogP contribution is 2.31. The van der Waals surface area contributed by atoms with Gasteiger partial charge in [-0.1, -0.05) is 13.0 Å². The number of hydrazine groups is 1. The first-order valence-corrected chi connectivity index (χ1v) is 16.0. The van der Waals surface area contributed by atoms with Gasteiger partial charge in [0.25, 0.3) is 0 Å². The second-order valence-corrected chi connectivity index (χ2v) is 12.6. The van der Waals surface area contributed by atoms with E-state index in [0.717, 1.165) is 15.8 Å². The van der Waals surface area contributed by atoms with Crippen molar-refractivity contribution in [2.24, 2.45) is 5.84 Å². The topological polar surface area (TPSA) is 153 Å². The Kier molecular flexibility index (Phi) is 10.6. The molecule has 1 aromatic heterocycles. The zero-order chi connectivity index (χ0) is 32.7. The molecule has 4 N–H and O–H groups in total. The van der Waals surface area contributed by atoms with E-state index in [-0.39, 0.29) is 40.1 Å². The van der Waals surface area contributed by atoms with Crippen LogP contribution in [0.25, 0.3) is 10.8 Å². The molecule has 1 atom stereocenters. The minimum absolute atomic E-state index is 0.0260. The molecule has 1 unspecified atom stereocenters. The lowest BCUT2D eigenvalue weighted by molar-refractivity contribution is -0.122. The van der Waals surface area contributed by atoms with Gasteiger partial charge in [0.15, 0.2) is 15.9 Å². The summed E-state index contributed by atoms with van der Waals surface area (Å²) in [5.74, 6) is 5.30. The van der Waals surface area contributed by atoms with E-state index in [2.05, 4.69) is 15.6 Å². The molecule has 0 bridgehead atoms. The quantitative estimate of drug-likeness (QED) is 0.139. The van der Waals surface area contributed by atoms with Gasteiger partial charge in [-0.25, -0.2) is 23.4 Å². The number of hydrogen-bond donors (Lipinski definition) is 3. The lowest BCUT2D eigenvalue weighted by Crippen LogP contribution is -2.45. The number of pyridine rings is 1. The van der Waals surface area contributed by atoms with Crippen molar-refractivity contribution in [2.75, 3.05) is 22.7 Å². The molecule has 0 radical (unpaired) electrons. The zero-order valence-corrected chi connectivity index (χ0v) is 26.2. The Hall–Kier alpha value is -4.75. The van der Waals surface area contributed by atoms with Gasteiger partial charge in [0.05, 0.1) is 29.0 Å². The molecular formula is C32H36FN5O6S. The van der Waals surface area contributed by atoms with Gasteiger partial charge in [-0.3, -0.25) is 20.1 Å². The highest BCUT2D eigenvalue weighted by atomic mass is 32.2. The summed E-state index contributed by atoms with van der Waals surface area (Å²) in [5.41, 5.74) is 0.831. The van der Waals surface area contributed by atoms with E-state index in [1.54, 1.807) is 57.4 Å². The number of halogens is 1. The van der Waals surface area contributed by atoms with Crippen molar-refractivity contribution in [1.29, 1.82) is 0 Å². The molecule has 2 amide bonds. The molecule has 0 fully saturated rings. The molecule has 238 valence electrons. The number of carbonyl (C=O) groups excluding carboxylic acids is 2. The summed E-state index contributed by atoms with van der Waals surface area (Å²) in [6, 6.07) is 13.9. The molecule has 0 spiro atoms. The number of ether oxygens (including phenoxy) is 2. The summed E-state index contributed by atoms with van der Waals surface area (Å²) in [4.78, 5) is 30.2. The number of benzene rings is 3. The van der Waals surface area contributed by atoms with Crippen LogP contribution in [0.15, 0.2) is 78.0 Å². The average Bonchev–Trinajstić information content (AvgIpc) is 3.01. The molecule has 13 heteroatoms. The van der Waals surface area contributed by atoms with Gasteiger partial charge in [-0.2, -0.15) is 0 Å². The molecule has 4 aromatic rings. The van der Waals surface area contributed by atoms with Gasteiger partial charge >= 0.3 is 6.09 Å². The maximum absolute atomic E-state index is 15.4. The first-order chi connectivity index (χ1) is 21.4. The third-order valence-corrected chi connectivity index (χ3v) is 8.67. The van der Waals surface area contributed by atoms with E-state index >= 15 is 4.39 Å². The van der Waals surface area contributed by atoms with Crippen LogP contribution in [-0.4, -0.2) is 43.9 Å². The summed E-state index contributed by atoms with van der Waals surface area (Å²) in [7, 11) is -3.72. The van der Waals surface area contributed by atoms with Crippen LogP contribution < -0.4 is 26.2 Å². The number of hydrogen-bond acceptors (Lipinski definition) is 9. The maximum atomic E-state index is 15.4. The Morgan fingerprint density at radius 1 is 1.02 bits per heavy atom. The first-order valence-electron chi connectivity index (χ1n) is 14.3. The summed E-state index contributed by atoms with van der Waals surface area (Å²) >= 11 is 0. The Morgan fingerprint density at radius 3 is 2.51 bits per heavy atom. The van der Waals surface area contributed by atoms with Crippen molar-refractivity contribution in [3.8, 4) is 5.75 Å². The van der Waals surface area contributed by atoms with E-state index in [4.69, 9.17) is 15.3 Å². The number of carbonyl (C=O) groups is 2. The highest BCUT2D eigenvalue weighted by molar-refractivity contribution is 7.91. The summed E-state index contributed by atoms with van der Waals surface area (Å²) in [5, 5.41) is 8.08. The van der Waals surface area contributed by atoms with Crippen molar-refractivity contribution in [3.63, 3.8) is 0 Å². The Morgan fingerprint density at radius 2 is 1.80 bits per heavy atom. The smallest absolute Gasteiger partial charge is 0.411 e. The second-order valence-electron chi connectivity index (χ2n) is 10.4. The van der Waals surface area contributed by atoms with Crippen LogP contribution in [0.1, 0.15) is 44.9 Å². The number of anilines is 2. The minimum atomic E-state index is -3.72. The van der Waals surface area contributed by atoms with E-state index in [1.807, 2.05) is 0 Å². The van der Waals surface area contributed by atoms with Crippen LogP contribution in [0.3, 0.4) is 0 Å².